The van der Waals surface area contributed by atoms with E-state index in [9.17, 15) is 26.4 Å². The van der Waals surface area contributed by atoms with Crippen molar-refractivity contribution in [3.8, 4) is 0 Å². The number of sulfonamides is 1. The third-order valence-electron chi connectivity index (χ3n) is 4.51. The molecule has 9 nitrogen and oxygen atoms in total. The van der Waals surface area contributed by atoms with E-state index in [-0.39, 0.29) is 40.9 Å². The molecule has 0 saturated carbocycles. The molecule has 2 N–H and O–H groups in total. The van der Waals surface area contributed by atoms with Crippen LogP contribution in [0.5, 0.6) is 0 Å². The first-order valence-corrected chi connectivity index (χ1v) is 12.6. The van der Waals surface area contributed by atoms with Crippen molar-refractivity contribution in [3.05, 3.63) is 28.2 Å². The van der Waals surface area contributed by atoms with Crippen molar-refractivity contribution < 1.29 is 26.4 Å². The van der Waals surface area contributed by atoms with Gasteiger partial charge >= 0.3 is 0 Å². The van der Waals surface area contributed by atoms with E-state index < -0.39 is 49.2 Å². The average molecular weight is 486 g/mol. The van der Waals surface area contributed by atoms with Crippen molar-refractivity contribution >= 4 is 54.9 Å². The molecule has 0 aliphatic carbocycles. The molecule has 0 atom stereocenters. The number of nitrogens with one attached hydrogen (secondary N) is 2. The van der Waals surface area contributed by atoms with Crippen LogP contribution in [0, 0.1) is 0 Å². The average Bonchev–Trinajstić information content (AvgIpc) is 2.65. The molecule has 1 aliphatic rings. The summed E-state index contributed by atoms with van der Waals surface area (Å²) in [6.45, 7) is -0.227. The molecule has 1 aromatic rings. The summed E-state index contributed by atoms with van der Waals surface area (Å²) in [5.41, 5.74) is 0. The third-order valence-corrected chi connectivity index (χ3v) is 9.02. The summed E-state index contributed by atoms with van der Waals surface area (Å²) in [5, 5.41) is 1.41. The molecule has 2 amide bonds. The van der Waals surface area contributed by atoms with E-state index in [0.717, 1.165) is 0 Å². The van der Waals surface area contributed by atoms with Gasteiger partial charge in [0.25, 0.3) is 0 Å². The van der Waals surface area contributed by atoms with Crippen LogP contribution in [-0.4, -0.2) is 71.2 Å². The predicted octanol–water partition coefficient (Wildman–Crippen LogP) is 0.424. The minimum absolute atomic E-state index is 0.0698. The second kappa shape index (κ2) is 9.61. The zero-order chi connectivity index (χ0) is 21.8. The van der Waals surface area contributed by atoms with E-state index in [4.69, 9.17) is 23.2 Å². The number of piperidine rings is 1. The van der Waals surface area contributed by atoms with Crippen molar-refractivity contribution in [1.29, 1.82) is 0 Å². The number of hydrogen-bond acceptors (Lipinski definition) is 6. The molecular formula is C16H21Cl2N3O6S2. The standard InChI is InChI=1S/C16H21Cl2N3O6S2/c1-19-14(22)10-28(24,25)11-5-7-21(8-6-11)15(23)9-20-29(26,27)16-12(17)3-2-4-13(16)18/h2-4,11,20H,5-10H2,1H3,(H,19,22). The maximum absolute atomic E-state index is 12.4. The molecule has 1 fully saturated rings. The van der Waals surface area contributed by atoms with Crippen LogP contribution in [0.4, 0.5) is 0 Å². The Labute approximate surface area is 179 Å². The first kappa shape index (κ1) is 23.9. The molecule has 0 radical (unpaired) electrons. The van der Waals surface area contributed by atoms with Gasteiger partial charge in [-0.1, -0.05) is 29.3 Å². The van der Waals surface area contributed by atoms with Crippen LogP contribution in [0.2, 0.25) is 10.0 Å². The van der Waals surface area contributed by atoms with Gasteiger partial charge < -0.3 is 10.2 Å². The topological polar surface area (TPSA) is 130 Å². The highest BCUT2D eigenvalue weighted by Gasteiger charge is 2.33. The second-order valence-corrected chi connectivity index (χ2v) is 11.2. The van der Waals surface area contributed by atoms with Gasteiger partial charge in [-0.3, -0.25) is 9.59 Å². The Hall–Kier alpha value is -1.40. The summed E-state index contributed by atoms with van der Waals surface area (Å²) in [6, 6.07) is 4.23. The molecule has 0 spiro atoms. The molecule has 1 aliphatic heterocycles. The summed E-state index contributed by atoms with van der Waals surface area (Å²) < 4.78 is 51.4. The first-order valence-electron chi connectivity index (χ1n) is 8.61. The number of amides is 2. The summed E-state index contributed by atoms with van der Waals surface area (Å²) in [5.74, 6) is -1.68. The van der Waals surface area contributed by atoms with Crippen LogP contribution >= 0.6 is 23.2 Å². The molecule has 162 valence electrons. The van der Waals surface area contributed by atoms with E-state index in [1.807, 2.05) is 0 Å². The van der Waals surface area contributed by atoms with Gasteiger partial charge in [0.2, 0.25) is 21.8 Å². The second-order valence-electron chi connectivity index (χ2n) is 6.44. The Morgan fingerprint density at radius 2 is 1.66 bits per heavy atom. The number of rotatable bonds is 7. The fraction of sp³-hybridized carbons (Fsp3) is 0.500. The van der Waals surface area contributed by atoms with Crippen LogP contribution in [0.25, 0.3) is 0 Å². The van der Waals surface area contributed by atoms with E-state index in [1.54, 1.807) is 0 Å². The largest absolute Gasteiger partial charge is 0.358 e. The molecule has 13 heteroatoms. The zero-order valence-electron chi connectivity index (χ0n) is 15.5. The van der Waals surface area contributed by atoms with Gasteiger partial charge in [0.1, 0.15) is 10.6 Å². The van der Waals surface area contributed by atoms with Crippen molar-refractivity contribution in [3.63, 3.8) is 0 Å². The quantitative estimate of drug-likeness (QED) is 0.575. The van der Waals surface area contributed by atoms with Gasteiger partial charge in [-0.15, -0.1) is 0 Å². The summed E-state index contributed by atoms with van der Waals surface area (Å²) in [6.07, 6.45) is 0.350. The number of carbonyl (C=O) groups is 2. The lowest BCUT2D eigenvalue weighted by Gasteiger charge is -2.31. The van der Waals surface area contributed by atoms with Crippen LogP contribution in [-0.2, 0) is 29.4 Å². The number of benzene rings is 1. The maximum Gasteiger partial charge on any atom is 0.244 e. The fourth-order valence-electron chi connectivity index (χ4n) is 2.92. The van der Waals surface area contributed by atoms with Crippen LogP contribution in [0.1, 0.15) is 12.8 Å². The van der Waals surface area contributed by atoms with E-state index >= 15 is 0 Å². The van der Waals surface area contributed by atoms with Crippen LogP contribution < -0.4 is 10.0 Å². The van der Waals surface area contributed by atoms with Crippen molar-refractivity contribution in [2.75, 3.05) is 32.4 Å². The highest BCUT2D eigenvalue weighted by Crippen LogP contribution is 2.28. The van der Waals surface area contributed by atoms with Gasteiger partial charge in [0, 0.05) is 20.1 Å². The molecule has 1 aromatic carbocycles. The highest BCUT2D eigenvalue weighted by atomic mass is 35.5. The fourth-order valence-corrected chi connectivity index (χ4v) is 6.71. The minimum Gasteiger partial charge on any atom is -0.358 e. The molecule has 1 heterocycles. The molecular weight excluding hydrogens is 465 g/mol. The molecule has 0 unspecified atom stereocenters. The minimum atomic E-state index is -4.11. The monoisotopic (exact) mass is 485 g/mol. The third kappa shape index (κ3) is 6.05. The van der Waals surface area contributed by atoms with E-state index in [1.165, 1.54) is 30.1 Å². The SMILES string of the molecule is CNC(=O)CS(=O)(=O)C1CCN(C(=O)CNS(=O)(=O)c2c(Cl)cccc2Cl)CC1. The Balaban J connectivity index is 1.94. The summed E-state index contributed by atoms with van der Waals surface area (Å²) in [4.78, 5) is 24.8. The Bertz CT molecular complexity index is 970. The molecule has 0 bridgehead atoms. The van der Waals surface area contributed by atoms with Crippen molar-refractivity contribution in [1.82, 2.24) is 14.9 Å². The van der Waals surface area contributed by atoms with Gasteiger partial charge in [0.15, 0.2) is 9.84 Å². The Morgan fingerprint density at radius 1 is 1.10 bits per heavy atom. The van der Waals surface area contributed by atoms with Gasteiger partial charge in [-0.2, -0.15) is 0 Å². The normalized spacial score (nSPS) is 15.9. The number of halogens is 2. The summed E-state index contributed by atoms with van der Waals surface area (Å²) >= 11 is 11.8. The van der Waals surface area contributed by atoms with Crippen LogP contribution in [0.15, 0.2) is 23.1 Å². The van der Waals surface area contributed by atoms with Gasteiger partial charge in [-0.25, -0.2) is 21.6 Å². The molecule has 29 heavy (non-hydrogen) atoms. The maximum atomic E-state index is 12.4. The zero-order valence-corrected chi connectivity index (χ0v) is 18.7. The lowest BCUT2D eigenvalue weighted by atomic mass is 10.1. The number of likely N-dealkylation sites (tertiary alicyclic amines) is 1. The van der Waals surface area contributed by atoms with E-state index in [0.29, 0.717) is 0 Å². The number of hydrogen-bond donors (Lipinski definition) is 2. The van der Waals surface area contributed by atoms with Crippen LogP contribution in [0.3, 0.4) is 0 Å². The van der Waals surface area contributed by atoms with Gasteiger partial charge in [0.05, 0.1) is 21.8 Å². The highest BCUT2D eigenvalue weighted by molar-refractivity contribution is 7.92. The number of nitrogens with zero attached hydrogens (tertiary/aromatic N) is 1. The smallest absolute Gasteiger partial charge is 0.244 e. The lowest BCUT2D eigenvalue weighted by molar-refractivity contribution is -0.130. The summed E-state index contributed by atoms with van der Waals surface area (Å²) in [7, 11) is -6.37. The lowest BCUT2D eigenvalue weighted by Crippen LogP contribution is -2.47. The van der Waals surface area contributed by atoms with Crippen molar-refractivity contribution in [2.45, 2.75) is 23.0 Å². The first-order chi connectivity index (χ1) is 13.5. The van der Waals surface area contributed by atoms with Gasteiger partial charge in [-0.05, 0) is 25.0 Å². The number of sulfone groups is 1. The molecule has 0 aromatic heterocycles. The number of carbonyl (C=O) groups excluding carboxylic acids is 2. The molecule has 1 saturated heterocycles. The molecule has 2 rings (SSSR count). The Kier molecular flexibility index (Phi) is 7.91. The van der Waals surface area contributed by atoms with E-state index in [2.05, 4.69) is 10.0 Å². The predicted molar refractivity (Wildman–Crippen MR) is 109 cm³/mol. The van der Waals surface area contributed by atoms with Crippen molar-refractivity contribution in [2.24, 2.45) is 0 Å². The Morgan fingerprint density at radius 3 is 2.17 bits per heavy atom.